The molecule has 0 saturated carbocycles. The van der Waals surface area contributed by atoms with E-state index in [4.69, 9.17) is 11.6 Å². The van der Waals surface area contributed by atoms with E-state index in [1.807, 2.05) is 65.6 Å². The molecule has 1 heterocycles. The number of likely N-dealkylation sites (N-methyl/N-ethyl adjacent to an activating group) is 1. The number of hydrogen-bond donors (Lipinski definition) is 0. The number of carbonyl (C=O) groups is 3. The summed E-state index contributed by atoms with van der Waals surface area (Å²) in [5.74, 6) is -0.0179. The first-order valence-electron chi connectivity index (χ1n) is 11.6. The van der Waals surface area contributed by atoms with E-state index in [2.05, 4.69) is 4.90 Å². The zero-order valence-corrected chi connectivity index (χ0v) is 21.5. The Labute approximate surface area is 202 Å². The van der Waals surface area contributed by atoms with Crippen LogP contribution in [0.2, 0.25) is 5.02 Å². The third kappa shape index (κ3) is 5.40. The molecule has 33 heavy (non-hydrogen) atoms. The highest BCUT2D eigenvalue weighted by molar-refractivity contribution is 6.31. The number of rotatable bonds is 6. The molecule has 1 amide bonds. The van der Waals surface area contributed by atoms with Crippen LogP contribution in [0.25, 0.3) is 0 Å². The van der Waals surface area contributed by atoms with Gasteiger partial charge in [-0.1, -0.05) is 44.0 Å². The number of halogens is 1. The van der Waals surface area contributed by atoms with E-state index in [1.54, 1.807) is 12.1 Å². The molecule has 0 radical (unpaired) electrons. The summed E-state index contributed by atoms with van der Waals surface area (Å²) in [5.41, 5.74) is 3.96. The summed E-state index contributed by atoms with van der Waals surface area (Å²) in [5, 5.41) is 0.510. The van der Waals surface area contributed by atoms with Crippen LogP contribution in [0, 0.1) is 18.3 Å². The van der Waals surface area contributed by atoms with Crippen LogP contribution in [0.1, 0.15) is 63.4 Å². The predicted molar refractivity (Wildman–Crippen MR) is 134 cm³/mol. The lowest BCUT2D eigenvalue weighted by atomic mass is 9.84. The lowest BCUT2D eigenvalue weighted by molar-refractivity contribution is -0.144. The van der Waals surface area contributed by atoms with Gasteiger partial charge in [0.05, 0.1) is 6.04 Å². The molecular weight excluding hydrogens is 436 g/mol. The van der Waals surface area contributed by atoms with Gasteiger partial charge >= 0.3 is 0 Å². The maximum Gasteiger partial charge on any atom is 0.228 e. The van der Waals surface area contributed by atoms with E-state index in [9.17, 15) is 14.4 Å². The Morgan fingerprint density at radius 1 is 1.12 bits per heavy atom. The molecule has 6 heteroatoms. The van der Waals surface area contributed by atoms with Crippen LogP contribution in [-0.4, -0.2) is 48.6 Å². The van der Waals surface area contributed by atoms with Crippen LogP contribution in [-0.2, 0) is 9.59 Å². The first kappa shape index (κ1) is 25.2. The van der Waals surface area contributed by atoms with Crippen LogP contribution in [0.5, 0.6) is 0 Å². The van der Waals surface area contributed by atoms with Crippen molar-refractivity contribution in [2.45, 2.75) is 60.4 Å². The van der Waals surface area contributed by atoms with E-state index < -0.39 is 5.41 Å². The van der Waals surface area contributed by atoms with Gasteiger partial charge in [0.2, 0.25) is 5.91 Å². The first-order valence-corrected chi connectivity index (χ1v) is 11.9. The van der Waals surface area contributed by atoms with Gasteiger partial charge in [0.1, 0.15) is 0 Å². The first-order chi connectivity index (χ1) is 15.3. The van der Waals surface area contributed by atoms with Gasteiger partial charge in [-0.25, -0.2) is 0 Å². The average molecular weight is 471 g/mol. The Balaban J connectivity index is 1.71. The van der Waals surface area contributed by atoms with Crippen molar-refractivity contribution >= 4 is 34.8 Å². The van der Waals surface area contributed by atoms with E-state index in [-0.39, 0.29) is 35.9 Å². The maximum absolute atomic E-state index is 13.1. The van der Waals surface area contributed by atoms with Gasteiger partial charge in [0.15, 0.2) is 11.6 Å². The van der Waals surface area contributed by atoms with Gasteiger partial charge in [-0.3, -0.25) is 14.4 Å². The van der Waals surface area contributed by atoms with Crippen molar-refractivity contribution in [2.75, 3.05) is 25.0 Å². The minimum atomic E-state index is -0.392. The zero-order valence-electron chi connectivity index (χ0n) is 20.8. The van der Waals surface area contributed by atoms with Crippen molar-refractivity contribution in [3.63, 3.8) is 0 Å². The van der Waals surface area contributed by atoms with Gasteiger partial charge in [-0.15, -0.1) is 0 Å². The molecule has 0 N–H and O–H groups in total. The number of allylic oxidation sites excluding steroid dienone is 4. The molecule has 0 aromatic heterocycles. The number of hydrogen-bond acceptors (Lipinski definition) is 4. The van der Waals surface area contributed by atoms with Crippen molar-refractivity contribution in [1.82, 2.24) is 4.90 Å². The molecule has 1 fully saturated rings. The van der Waals surface area contributed by atoms with E-state index in [0.29, 0.717) is 30.1 Å². The standard InChI is InChI=1S/C27H35ClN2O3/c1-16-10-17(2)21(25(32)11-16)8-9-24(31)22-12-19(28)13-23(18(22)3)29(7)20-14-30(15-20)26(33)27(4,5)6/h10-13,20-21H,8-9,14-15H2,1-7H3. The fraction of sp³-hybridized carbons (Fsp3) is 0.519. The summed E-state index contributed by atoms with van der Waals surface area (Å²) in [6.45, 7) is 12.9. The van der Waals surface area contributed by atoms with Crippen molar-refractivity contribution in [3.05, 3.63) is 51.6 Å². The topological polar surface area (TPSA) is 57.7 Å². The third-order valence-corrected chi connectivity index (χ3v) is 6.96. The quantitative estimate of drug-likeness (QED) is 0.522. The molecular formula is C27H35ClN2O3. The second-order valence-corrected chi connectivity index (χ2v) is 11.0. The molecule has 1 aliphatic carbocycles. The minimum Gasteiger partial charge on any atom is -0.368 e. The van der Waals surface area contributed by atoms with Gasteiger partial charge in [0.25, 0.3) is 0 Å². The van der Waals surface area contributed by atoms with Crippen LogP contribution in [0.15, 0.2) is 35.4 Å². The number of amides is 1. The van der Waals surface area contributed by atoms with E-state index >= 15 is 0 Å². The largest absolute Gasteiger partial charge is 0.368 e. The number of likely N-dealkylation sites (tertiary alicyclic amines) is 1. The van der Waals surface area contributed by atoms with Crippen molar-refractivity contribution in [3.8, 4) is 0 Å². The molecule has 1 aromatic carbocycles. The molecule has 1 unspecified atom stereocenters. The number of nitrogens with zero attached hydrogens (tertiary/aromatic N) is 2. The average Bonchev–Trinajstić information content (AvgIpc) is 2.66. The molecule has 1 saturated heterocycles. The fourth-order valence-electron chi connectivity index (χ4n) is 4.69. The van der Waals surface area contributed by atoms with Crippen molar-refractivity contribution in [2.24, 2.45) is 11.3 Å². The Kier molecular flexibility index (Phi) is 7.23. The summed E-state index contributed by atoms with van der Waals surface area (Å²) >= 11 is 6.41. The zero-order chi connectivity index (χ0) is 24.7. The lowest BCUT2D eigenvalue weighted by Crippen LogP contribution is -2.62. The molecule has 1 aliphatic heterocycles. The van der Waals surface area contributed by atoms with Gasteiger partial charge in [-0.2, -0.15) is 0 Å². The second-order valence-electron chi connectivity index (χ2n) is 10.5. The molecule has 1 aromatic rings. The van der Waals surface area contributed by atoms with E-state index in [0.717, 1.165) is 22.4 Å². The normalized spacial score (nSPS) is 19.1. The van der Waals surface area contributed by atoms with Crippen LogP contribution in [0.3, 0.4) is 0 Å². The predicted octanol–water partition coefficient (Wildman–Crippen LogP) is 5.40. The van der Waals surface area contributed by atoms with Crippen molar-refractivity contribution in [1.29, 1.82) is 0 Å². The summed E-state index contributed by atoms with van der Waals surface area (Å²) in [4.78, 5) is 42.0. The summed E-state index contributed by atoms with van der Waals surface area (Å²) < 4.78 is 0. The molecule has 1 atom stereocenters. The smallest absolute Gasteiger partial charge is 0.228 e. The number of Topliss-reactive ketones (excluding diaryl/α,β-unsaturated/α-hetero) is 1. The van der Waals surface area contributed by atoms with Crippen LogP contribution >= 0.6 is 11.6 Å². The Morgan fingerprint density at radius 2 is 1.76 bits per heavy atom. The SMILES string of the molecule is CC1=CC(=O)C(CCC(=O)c2cc(Cl)cc(N(C)C3CN(C(=O)C(C)(C)C)C3)c2C)C(C)=C1. The second kappa shape index (κ2) is 9.46. The van der Waals surface area contributed by atoms with Crippen LogP contribution < -0.4 is 4.90 Å². The van der Waals surface area contributed by atoms with Crippen LogP contribution in [0.4, 0.5) is 5.69 Å². The highest BCUT2D eigenvalue weighted by Crippen LogP contribution is 2.33. The monoisotopic (exact) mass is 470 g/mol. The van der Waals surface area contributed by atoms with Gasteiger partial charge in [0, 0.05) is 54.2 Å². The van der Waals surface area contributed by atoms with Crippen molar-refractivity contribution < 1.29 is 14.4 Å². The van der Waals surface area contributed by atoms with Gasteiger partial charge in [-0.05, 0) is 56.5 Å². The van der Waals surface area contributed by atoms with E-state index in [1.165, 1.54) is 0 Å². The summed E-state index contributed by atoms with van der Waals surface area (Å²) in [7, 11) is 1.99. The number of anilines is 1. The van der Waals surface area contributed by atoms with Gasteiger partial charge < -0.3 is 9.80 Å². The Hall–Kier alpha value is -2.40. The lowest BCUT2D eigenvalue weighted by Gasteiger charge is -2.47. The molecule has 3 rings (SSSR count). The number of carbonyl (C=O) groups excluding carboxylic acids is 3. The summed E-state index contributed by atoms with van der Waals surface area (Å²) in [6.07, 6.45) is 4.45. The molecule has 5 nitrogen and oxygen atoms in total. The minimum absolute atomic E-state index is 0.00493. The Bertz CT molecular complexity index is 1040. The molecule has 0 spiro atoms. The molecule has 0 bridgehead atoms. The number of benzene rings is 1. The Morgan fingerprint density at radius 3 is 2.33 bits per heavy atom. The summed E-state index contributed by atoms with van der Waals surface area (Å²) in [6, 6.07) is 3.79. The fourth-order valence-corrected chi connectivity index (χ4v) is 4.90. The molecule has 178 valence electrons. The third-order valence-electron chi connectivity index (χ3n) is 6.74. The maximum atomic E-state index is 13.1. The highest BCUT2D eigenvalue weighted by Gasteiger charge is 2.38. The molecule has 2 aliphatic rings. The number of ketones is 2. The highest BCUT2D eigenvalue weighted by atomic mass is 35.5.